The monoisotopic (exact) mass is 343 g/mol. The molecule has 5 nitrogen and oxygen atoms in total. The van der Waals surface area contributed by atoms with Crippen molar-refractivity contribution in [3.63, 3.8) is 0 Å². The molecule has 1 aromatic carbocycles. The summed E-state index contributed by atoms with van der Waals surface area (Å²) in [6.45, 7) is 7.42. The first-order valence-corrected chi connectivity index (χ1v) is 8.58. The lowest BCUT2D eigenvalue weighted by molar-refractivity contribution is -0.153. The van der Waals surface area contributed by atoms with Crippen LogP contribution in [0.3, 0.4) is 0 Å². The Balaban J connectivity index is 2.15. The largest absolute Gasteiger partial charge is 0.441 e. The van der Waals surface area contributed by atoms with Gasteiger partial charge in [0.1, 0.15) is 0 Å². The highest BCUT2D eigenvalue weighted by Crippen LogP contribution is 2.28. The standard InChI is InChI=1S/C20H25NO4/c1-13(2)8-7-9-14(3)12-18(25-15(4)22)21-19(23)16-10-5-6-11-17(16)20(21)24/h5-6,8,10-11,14,18H,7,9,12H2,1-4H3. The molecule has 0 radical (unpaired) electrons. The summed E-state index contributed by atoms with van der Waals surface area (Å²) in [6.07, 6.45) is 3.53. The van der Waals surface area contributed by atoms with Gasteiger partial charge in [-0.25, -0.2) is 4.90 Å². The molecule has 2 amide bonds. The second-order valence-electron chi connectivity index (χ2n) is 6.79. The highest BCUT2D eigenvalue weighted by atomic mass is 16.6. The second kappa shape index (κ2) is 8.10. The van der Waals surface area contributed by atoms with E-state index >= 15 is 0 Å². The Kier molecular flexibility index (Phi) is 6.12. The summed E-state index contributed by atoms with van der Waals surface area (Å²) in [5.41, 5.74) is 1.98. The maximum absolute atomic E-state index is 12.6. The van der Waals surface area contributed by atoms with Gasteiger partial charge in [-0.15, -0.1) is 0 Å². The number of esters is 1. The molecular weight excluding hydrogens is 318 g/mol. The highest BCUT2D eigenvalue weighted by molar-refractivity contribution is 6.21. The Bertz CT molecular complexity index is 668. The molecule has 1 aromatic rings. The Morgan fingerprint density at radius 3 is 2.16 bits per heavy atom. The van der Waals surface area contributed by atoms with Crippen LogP contribution in [0.2, 0.25) is 0 Å². The molecule has 0 saturated carbocycles. The Labute approximate surface area is 148 Å². The van der Waals surface area contributed by atoms with E-state index in [9.17, 15) is 14.4 Å². The average molecular weight is 343 g/mol. The van der Waals surface area contributed by atoms with Crippen LogP contribution in [0.1, 0.15) is 67.7 Å². The van der Waals surface area contributed by atoms with Gasteiger partial charge in [-0.3, -0.25) is 14.4 Å². The normalized spacial score (nSPS) is 15.6. The predicted molar refractivity (Wildman–Crippen MR) is 94.9 cm³/mol. The van der Waals surface area contributed by atoms with Gasteiger partial charge in [0.05, 0.1) is 11.1 Å². The summed E-state index contributed by atoms with van der Waals surface area (Å²) in [4.78, 5) is 37.8. The number of hydrogen-bond acceptors (Lipinski definition) is 4. The van der Waals surface area contributed by atoms with Gasteiger partial charge >= 0.3 is 5.97 Å². The van der Waals surface area contributed by atoms with Crippen LogP contribution in [0.15, 0.2) is 35.9 Å². The first-order chi connectivity index (χ1) is 11.8. The summed E-state index contributed by atoms with van der Waals surface area (Å²) in [7, 11) is 0. The van der Waals surface area contributed by atoms with E-state index in [0.717, 1.165) is 17.7 Å². The van der Waals surface area contributed by atoms with Crippen LogP contribution in [0.25, 0.3) is 0 Å². The van der Waals surface area contributed by atoms with Crippen molar-refractivity contribution in [2.75, 3.05) is 0 Å². The number of benzene rings is 1. The number of imide groups is 1. The summed E-state index contributed by atoms with van der Waals surface area (Å²) in [5.74, 6) is -1.10. The summed E-state index contributed by atoms with van der Waals surface area (Å²) < 4.78 is 5.33. The zero-order chi connectivity index (χ0) is 18.6. The number of hydrogen-bond donors (Lipinski definition) is 0. The number of rotatable bonds is 7. The summed E-state index contributed by atoms with van der Waals surface area (Å²) in [6, 6.07) is 6.68. The zero-order valence-electron chi connectivity index (χ0n) is 15.2. The van der Waals surface area contributed by atoms with E-state index in [1.165, 1.54) is 12.5 Å². The van der Waals surface area contributed by atoms with Crippen molar-refractivity contribution < 1.29 is 19.1 Å². The molecule has 134 valence electrons. The number of carbonyl (C=O) groups is 3. The molecule has 2 rings (SSSR count). The smallest absolute Gasteiger partial charge is 0.304 e. The molecule has 2 atom stereocenters. The maximum atomic E-state index is 12.6. The maximum Gasteiger partial charge on any atom is 0.304 e. The third-order valence-corrected chi connectivity index (χ3v) is 4.23. The van der Waals surface area contributed by atoms with Crippen molar-refractivity contribution in [2.24, 2.45) is 5.92 Å². The number of ether oxygens (including phenoxy) is 1. The number of fused-ring (bicyclic) bond motifs is 1. The fourth-order valence-corrected chi connectivity index (χ4v) is 2.99. The van der Waals surface area contributed by atoms with Crippen molar-refractivity contribution in [3.05, 3.63) is 47.0 Å². The van der Waals surface area contributed by atoms with Gasteiger partial charge in [0.25, 0.3) is 11.8 Å². The molecule has 5 heteroatoms. The molecule has 0 saturated heterocycles. The van der Waals surface area contributed by atoms with E-state index in [-0.39, 0.29) is 5.92 Å². The molecule has 1 aliphatic heterocycles. The molecule has 0 aliphatic carbocycles. The minimum Gasteiger partial charge on any atom is -0.441 e. The molecule has 0 fully saturated rings. The lowest BCUT2D eigenvalue weighted by Crippen LogP contribution is -2.43. The van der Waals surface area contributed by atoms with Gasteiger partial charge in [0.2, 0.25) is 0 Å². The van der Waals surface area contributed by atoms with Crippen LogP contribution in [-0.4, -0.2) is 28.9 Å². The molecular formula is C20H25NO4. The topological polar surface area (TPSA) is 63.7 Å². The number of carbonyl (C=O) groups excluding carboxylic acids is 3. The van der Waals surface area contributed by atoms with Crippen LogP contribution >= 0.6 is 0 Å². The first-order valence-electron chi connectivity index (χ1n) is 8.58. The van der Waals surface area contributed by atoms with E-state index in [0.29, 0.717) is 17.5 Å². The van der Waals surface area contributed by atoms with Crippen LogP contribution < -0.4 is 0 Å². The summed E-state index contributed by atoms with van der Waals surface area (Å²) >= 11 is 0. The average Bonchev–Trinajstić information content (AvgIpc) is 2.78. The SMILES string of the molecule is CC(=O)OC(CC(C)CCC=C(C)C)N1C(=O)c2ccccc2C1=O. The molecule has 1 heterocycles. The van der Waals surface area contributed by atoms with E-state index in [1.54, 1.807) is 24.3 Å². The molecule has 0 spiro atoms. The fourth-order valence-electron chi connectivity index (χ4n) is 2.99. The highest BCUT2D eigenvalue weighted by Gasteiger charge is 2.41. The van der Waals surface area contributed by atoms with Crippen LogP contribution in [-0.2, 0) is 9.53 Å². The zero-order valence-corrected chi connectivity index (χ0v) is 15.2. The van der Waals surface area contributed by atoms with Gasteiger partial charge < -0.3 is 4.74 Å². The van der Waals surface area contributed by atoms with Crippen molar-refractivity contribution in [1.29, 1.82) is 0 Å². The molecule has 1 aliphatic rings. The third-order valence-electron chi connectivity index (χ3n) is 4.23. The quantitative estimate of drug-likeness (QED) is 0.427. The minimum absolute atomic E-state index is 0.198. The molecule has 0 bridgehead atoms. The Morgan fingerprint density at radius 1 is 1.12 bits per heavy atom. The van der Waals surface area contributed by atoms with E-state index in [2.05, 4.69) is 6.08 Å². The van der Waals surface area contributed by atoms with Gasteiger partial charge in [0.15, 0.2) is 6.23 Å². The van der Waals surface area contributed by atoms with Crippen LogP contribution in [0.4, 0.5) is 0 Å². The van der Waals surface area contributed by atoms with E-state index in [1.807, 2.05) is 20.8 Å². The van der Waals surface area contributed by atoms with Gasteiger partial charge in [-0.05, 0) is 44.7 Å². The van der Waals surface area contributed by atoms with E-state index in [4.69, 9.17) is 4.74 Å². The number of nitrogens with zero attached hydrogens (tertiary/aromatic N) is 1. The lowest BCUT2D eigenvalue weighted by Gasteiger charge is -2.27. The number of amides is 2. The number of allylic oxidation sites excluding steroid dienone is 2. The molecule has 0 N–H and O–H groups in total. The first kappa shape index (κ1) is 18.9. The van der Waals surface area contributed by atoms with Crippen molar-refractivity contribution >= 4 is 17.8 Å². The van der Waals surface area contributed by atoms with Gasteiger partial charge in [0, 0.05) is 13.3 Å². The Morgan fingerprint density at radius 2 is 1.68 bits per heavy atom. The molecule has 2 unspecified atom stereocenters. The van der Waals surface area contributed by atoms with Gasteiger partial charge in [-0.1, -0.05) is 30.7 Å². The summed E-state index contributed by atoms with van der Waals surface area (Å²) in [5, 5.41) is 0. The van der Waals surface area contributed by atoms with Crippen LogP contribution in [0.5, 0.6) is 0 Å². The fraction of sp³-hybridized carbons (Fsp3) is 0.450. The van der Waals surface area contributed by atoms with E-state index < -0.39 is 24.0 Å². The third kappa shape index (κ3) is 4.56. The molecule has 0 aromatic heterocycles. The second-order valence-corrected chi connectivity index (χ2v) is 6.79. The van der Waals surface area contributed by atoms with Crippen molar-refractivity contribution in [3.8, 4) is 0 Å². The lowest BCUT2D eigenvalue weighted by atomic mass is 9.99. The van der Waals surface area contributed by atoms with Crippen LogP contribution in [0, 0.1) is 5.92 Å². The van der Waals surface area contributed by atoms with Gasteiger partial charge in [-0.2, -0.15) is 0 Å². The Hall–Kier alpha value is -2.43. The minimum atomic E-state index is -0.869. The van der Waals surface area contributed by atoms with Crippen molar-refractivity contribution in [2.45, 2.75) is 53.2 Å². The predicted octanol–water partition coefficient (Wildman–Crippen LogP) is 3.94. The molecule has 25 heavy (non-hydrogen) atoms. The van der Waals surface area contributed by atoms with Crippen molar-refractivity contribution in [1.82, 2.24) is 4.90 Å².